The maximum atomic E-state index is 12.2. The summed E-state index contributed by atoms with van der Waals surface area (Å²) in [6, 6.07) is 16.7. The summed E-state index contributed by atoms with van der Waals surface area (Å²) in [5.41, 5.74) is 2.52. The number of carbonyl (C=O) groups is 1. The molecular formula is C17H13ClN2O. The number of amides is 1. The molecule has 1 aromatic heterocycles. The molecule has 0 unspecified atom stereocenters. The zero-order chi connectivity index (χ0) is 14.7. The number of fused-ring (bicyclic) bond motifs is 1. The number of carbonyl (C=O) groups excluding carboxylic acids is 1. The first-order valence-corrected chi connectivity index (χ1v) is 6.97. The van der Waals surface area contributed by atoms with Gasteiger partial charge in [-0.3, -0.25) is 9.78 Å². The third-order valence-corrected chi connectivity index (χ3v) is 3.48. The Morgan fingerprint density at radius 1 is 1.10 bits per heavy atom. The van der Waals surface area contributed by atoms with Gasteiger partial charge < -0.3 is 5.32 Å². The lowest BCUT2D eigenvalue weighted by atomic mass is 10.1. The van der Waals surface area contributed by atoms with Crippen molar-refractivity contribution in [2.45, 2.75) is 6.54 Å². The van der Waals surface area contributed by atoms with Crippen molar-refractivity contribution in [3.05, 3.63) is 76.9 Å². The fourth-order valence-electron chi connectivity index (χ4n) is 2.10. The molecule has 21 heavy (non-hydrogen) atoms. The molecule has 1 amide bonds. The SMILES string of the molecule is O=C(NCc1ccc(Cl)cc1)c1ccc2ncccc2c1. The molecular weight excluding hydrogens is 284 g/mol. The Hall–Kier alpha value is -2.39. The van der Waals surface area contributed by atoms with Gasteiger partial charge in [-0.05, 0) is 42.0 Å². The summed E-state index contributed by atoms with van der Waals surface area (Å²) in [4.78, 5) is 16.4. The topological polar surface area (TPSA) is 42.0 Å². The molecule has 0 bridgehead atoms. The van der Waals surface area contributed by atoms with Crippen molar-refractivity contribution in [1.82, 2.24) is 10.3 Å². The second-order valence-electron chi connectivity index (χ2n) is 4.72. The van der Waals surface area contributed by atoms with Crippen LogP contribution >= 0.6 is 11.6 Å². The number of rotatable bonds is 3. The van der Waals surface area contributed by atoms with Crippen LogP contribution in [0.15, 0.2) is 60.8 Å². The van der Waals surface area contributed by atoms with E-state index in [1.165, 1.54) is 0 Å². The van der Waals surface area contributed by atoms with Gasteiger partial charge in [-0.2, -0.15) is 0 Å². The van der Waals surface area contributed by atoms with Crippen molar-refractivity contribution in [2.75, 3.05) is 0 Å². The van der Waals surface area contributed by atoms with E-state index in [9.17, 15) is 4.79 Å². The van der Waals surface area contributed by atoms with E-state index in [0.29, 0.717) is 17.1 Å². The molecule has 0 aliphatic rings. The van der Waals surface area contributed by atoms with E-state index < -0.39 is 0 Å². The highest BCUT2D eigenvalue weighted by Crippen LogP contribution is 2.14. The van der Waals surface area contributed by atoms with E-state index in [1.807, 2.05) is 48.5 Å². The normalized spacial score (nSPS) is 10.5. The number of hydrogen-bond acceptors (Lipinski definition) is 2. The van der Waals surface area contributed by atoms with Gasteiger partial charge in [0.1, 0.15) is 0 Å². The lowest BCUT2D eigenvalue weighted by Crippen LogP contribution is -2.22. The van der Waals surface area contributed by atoms with E-state index in [4.69, 9.17) is 11.6 Å². The van der Waals surface area contributed by atoms with Crippen molar-refractivity contribution in [3.8, 4) is 0 Å². The maximum Gasteiger partial charge on any atom is 0.251 e. The first-order chi connectivity index (χ1) is 10.2. The molecule has 104 valence electrons. The van der Waals surface area contributed by atoms with Crippen LogP contribution in [0.4, 0.5) is 0 Å². The molecule has 1 heterocycles. The summed E-state index contributed by atoms with van der Waals surface area (Å²) < 4.78 is 0. The lowest BCUT2D eigenvalue weighted by Gasteiger charge is -2.06. The van der Waals surface area contributed by atoms with Crippen LogP contribution < -0.4 is 5.32 Å². The van der Waals surface area contributed by atoms with Gasteiger partial charge in [0.15, 0.2) is 0 Å². The van der Waals surface area contributed by atoms with Crippen LogP contribution in [0.3, 0.4) is 0 Å². The van der Waals surface area contributed by atoms with Gasteiger partial charge >= 0.3 is 0 Å². The third kappa shape index (κ3) is 3.20. The Bertz CT molecular complexity index is 784. The second kappa shape index (κ2) is 5.94. The molecule has 3 aromatic rings. The smallest absolute Gasteiger partial charge is 0.251 e. The lowest BCUT2D eigenvalue weighted by molar-refractivity contribution is 0.0951. The minimum atomic E-state index is -0.101. The summed E-state index contributed by atoms with van der Waals surface area (Å²) in [6.45, 7) is 0.473. The van der Waals surface area contributed by atoms with Crippen molar-refractivity contribution < 1.29 is 4.79 Å². The van der Waals surface area contributed by atoms with Gasteiger partial charge in [-0.15, -0.1) is 0 Å². The Labute approximate surface area is 127 Å². The van der Waals surface area contributed by atoms with Crippen LogP contribution in [-0.4, -0.2) is 10.9 Å². The molecule has 0 aliphatic carbocycles. The van der Waals surface area contributed by atoms with Crippen LogP contribution in [0.1, 0.15) is 15.9 Å². The Balaban J connectivity index is 1.73. The highest BCUT2D eigenvalue weighted by molar-refractivity contribution is 6.30. The molecule has 1 N–H and O–H groups in total. The van der Waals surface area contributed by atoms with Gasteiger partial charge in [0.2, 0.25) is 0 Å². The fraction of sp³-hybridized carbons (Fsp3) is 0.0588. The number of benzene rings is 2. The van der Waals surface area contributed by atoms with Gasteiger partial charge in [0.25, 0.3) is 5.91 Å². The third-order valence-electron chi connectivity index (χ3n) is 3.23. The van der Waals surface area contributed by atoms with Crippen molar-refractivity contribution in [3.63, 3.8) is 0 Å². The summed E-state index contributed by atoms with van der Waals surface area (Å²) in [7, 11) is 0. The van der Waals surface area contributed by atoms with Gasteiger partial charge in [0, 0.05) is 28.7 Å². The summed E-state index contributed by atoms with van der Waals surface area (Å²) in [5.74, 6) is -0.101. The quantitative estimate of drug-likeness (QED) is 0.798. The minimum Gasteiger partial charge on any atom is -0.348 e. The van der Waals surface area contributed by atoms with E-state index in [2.05, 4.69) is 10.3 Å². The largest absolute Gasteiger partial charge is 0.348 e. The monoisotopic (exact) mass is 296 g/mol. The zero-order valence-electron chi connectivity index (χ0n) is 11.2. The molecule has 0 saturated carbocycles. The second-order valence-corrected chi connectivity index (χ2v) is 5.16. The van der Waals surface area contributed by atoms with E-state index in [-0.39, 0.29) is 5.91 Å². The highest BCUT2D eigenvalue weighted by Gasteiger charge is 2.06. The summed E-state index contributed by atoms with van der Waals surface area (Å²) >= 11 is 5.83. The number of pyridine rings is 1. The van der Waals surface area contributed by atoms with Crippen molar-refractivity contribution in [2.24, 2.45) is 0 Å². The number of hydrogen-bond donors (Lipinski definition) is 1. The standard InChI is InChI=1S/C17H13ClN2O/c18-15-6-3-12(4-7-15)11-20-17(21)14-5-8-16-13(10-14)2-1-9-19-16/h1-10H,11H2,(H,20,21). The number of nitrogens with zero attached hydrogens (tertiary/aromatic N) is 1. The Morgan fingerprint density at radius 3 is 2.71 bits per heavy atom. The van der Waals surface area contributed by atoms with Gasteiger partial charge in [-0.1, -0.05) is 29.8 Å². The van der Waals surface area contributed by atoms with E-state index in [0.717, 1.165) is 16.5 Å². The highest BCUT2D eigenvalue weighted by atomic mass is 35.5. The van der Waals surface area contributed by atoms with Crippen LogP contribution in [0, 0.1) is 0 Å². The molecule has 0 saturated heterocycles. The van der Waals surface area contributed by atoms with Crippen molar-refractivity contribution in [1.29, 1.82) is 0 Å². The first-order valence-electron chi connectivity index (χ1n) is 6.60. The molecule has 0 radical (unpaired) electrons. The van der Waals surface area contributed by atoms with Crippen LogP contribution in [0.25, 0.3) is 10.9 Å². The summed E-state index contributed by atoms with van der Waals surface area (Å²) in [5, 5.41) is 4.54. The summed E-state index contributed by atoms with van der Waals surface area (Å²) in [6.07, 6.45) is 1.74. The predicted octanol–water partition coefficient (Wildman–Crippen LogP) is 3.82. The van der Waals surface area contributed by atoms with E-state index in [1.54, 1.807) is 12.3 Å². The Morgan fingerprint density at radius 2 is 1.90 bits per heavy atom. The van der Waals surface area contributed by atoms with Crippen LogP contribution in [0.2, 0.25) is 5.02 Å². The molecule has 0 spiro atoms. The minimum absolute atomic E-state index is 0.101. The van der Waals surface area contributed by atoms with Crippen LogP contribution in [-0.2, 0) is 6.54 Å². The van der Waals surface area contributed by atoms with E-state index >= 15 is 0 Å². The first kappa shape index (κ1) is 13.6. The fourth-order valence-corrected chi connectivity index (χ4v) is 2.23. The molecule has 3 rings (SSSR count). The molecule has 0 aliphatic heterocycles. The number of halogens is 1. The predicted molar refractivity (Wildman–Crippen MR) is 84.4 cm³/mol. The zero-order valence-corrected chi connectivity index (χ0v) is 12.0. The van der Waals surface area contributed by atoms with Gasteiger partial charge in [-0.25, -0.2) is 0 Å². The molecule has 2 aromatic carbocycles. The molecule has 0 fully saturated rings. The molecule has 3 nitrogen and oxygen atoms in total. The van der Waals surface area contributed by atoms with Crippen molar-refractivity contribution >= 4 is 28.4 Å². The van der Waals surface area contributed by atoms with Gasteiger partial charge in [0.05, 0.1) is 5.52 Å². The van der Waals surface area contributed by atoms with Crippen LogP contribution in [0.5, 0.6) is 0 Å². The Kier molecular flexibility index (Phi) is 3.84. The average molecular weight is 297 g/mol. The molecule has 0 atom stereocenters. The average Bonchev–Trinajstić information content (AvgIpc) is 2.53. The number of nitrogens with one attached hydrogen (secondary N) is 1. The number of aromatic nitrogens is 1. The molecule has 4 heteroatoms. The maximum absolute atomic E-state index is 12.2.